The van der Waals surface area contributed by atoms with Crippen molar-refractivity contribution in [2.75, 3.05) is 98.4 Å². The molecule has 3 heterocycles. The zero-order valence-electron chi connectivity index (χ0n) is 57.9. The van der Waals surface area contributed by atoms with Gasteiger partial charge in [-0.25, -0.2) is 0 Å². The molecule has 0 radical (unpaired) electrons. The lowest BCUT2D eigenvalue weighted by Gasteiger charge is -2.63. The van der Waals surface area contributed by atoms with Crippen molar-refractivity contribution in [3.63, 3.8) is 0 Å². The van der Waals surface area contributed by atoms with Crippen LogP contribution in [0.15, 0.2) is 0 Å². The van der Waals surface area contributed by atoms with Gasteiger partial charge >= 0.3 is 23.9 Å². The molecular weight excluding hydrogens is 1340 g/mol. The van der Waals surface area contributed by atoms with Gasteiger partial charge in [-0.1, -0.05) is 20.8 Å². The molecular formula is C66H112N6O29. The van der Waals surface area contributed by atoms with Gasteiger partial charge in [0.1, 0.15) is 73.2 Å². The number of hydrogen-bond acceptors (Lipinski definition) is 28. The van der Waals surface area contributed by atoms with Crippen LogP contribution in [0.5, 0.6) is 0 Å². The Bertz CT molecular complexity index is 2550. The molecule has 0 aromatic rings. The minimum atomic E-state index is -1.82. The van der Waals surface area contributed by atoms with Crippen LogP contribution in [-0.2, 0) is 62.0 Å². The van der Waals surface area contributed by atoms with Gasteiger partial charge in [0.25, 0.3) is 0 Å². The van der Waals surface area contributed by atoms with Gasteiger partial charge in [-0.3, -0.25) is 48.3 Å². The van der Waals surface area contributed by atoms with Gasteiger partial charge in [0.15, 0.2) is 18.9 Å². The van der Waals surface area contributed by atoms with E-state index in [4.69, 9.17) is 28.4 Å². The Hall–Kier alpha value is -4.55. The molecule has 0 unspecified atom stereocenters. The summed E-state index contributed by atoms with van der Waals surface area (Å²) in [5.74, 6) is -5.44. The highest BCUT2D eigenvalue weighted by molar-refractivity contribution is 5.77. The van der Waals surface area contributed by atoms with Crippen LogP contribution in [0, 0.1) is 46.3 Å². The molecule has 4 saturated carbocycles. The number of hydrogen-bond donors (Lipinski definition) is 19. The summed E-state index contributed by atoms with van der Waals surface area (Å²) in [6.45, 7) is 3.72. The summed E-state index contributed by atoms with van der Waals surface area (Å²) in [6.07, 6.45) is -22.0. The fourth-order valence-corrected chi connectivity index (χ4v) is 16.8. The van der Waals surface area contributed by atoms with Crippen molar-refractivity contribution in [3.8, 4) is 0 Å². The Morgan fingerprint density at radius 3 is 1.20 bits per heavy atom. The summed E-state index contributed by atoms with van der Waals surface area (Å²) in [4.78, 5) is 89.6. The minimum Gasteiger partial charge on any atom is -0.481 e. The molecule has 7 aliphatic rings. The highest BCUT2D eigenvalue weighted by Gasteiger charge is 2.66. The molecule has 4 aliphatic carbocycles. The van der Waals surface area contributed by atoms with Crippen molar-refractivity contribution in [2.24, 2.45) is 46.3 Å². The largest absolute Gasteiger partial charge is 0.481 e. The summed E-state index contributed by atoms with van der Waals surface area (Å²) in [5.41, 5.74) is -0.517. The number of aliphatic hydroxyl groups excluding tert-OH is 12. The lowest BCUT2D eigenvalue weighted by atomic mass is 9.43. The third-order valence-electron chi connectivity index (χ3n) is 22.7. The molecule has 3 amide bonds. The van der Waals surface area contributed by atoms with E-state index in [-0.39, 0.29) is 196 Å². The molecule has 7 rings (SSSR count). The summed E-state index contributed by atoms with van der Waals surface area (Å²) in [7, 11) is 0. The molecule has 7 fully saturated rings. The minimum absolute atomic E-state index is 0.0366. The van der Waals surface area contributed by atoms with E-state index in [0.29, 0.717) is 25.7 Å². The predicted octanol–water partition coefficient (Wildman–Crippen LogP) is -5.23. The van der Waals surface area contributed by atoms with Crippen molar-refractivity contribution in [3.05, 3.63) is 0 Å². The van der Waals surface area contributed by atoms with Gasteiger partial charge in [-0.15, -0.1) is 0 Å². The zero-order chi connectivity index (χ0) is 74.2. The van der Waals surface area contributed by atoms with Crippen LogP contribution < -0.4 is 16.0 Å². The topological polar surface area (TPSA) is 544 Å². The Kier molecular flexibility index (Phi) is 32.0. The van der Waals surface area contributed by atoms with Gasteiger partial charge < -0.3 is 126 Å². The standard InChI is InChI=1S/C66H112N6O29/c1-34(37-5-6-38-52-39(30-44(75)66(37,38)3)65(2)15-8-36(73)28-35(65)29-40(52)74)4-7-45(76)67-16-25-96-62-59(93)56(90)53(87)41(99-62)31-70(19-9-46(77)68-17-26-97-63-60(94)57(91)54(88)42(100-63)32-71(21-11-48(79)80)22-12-49(81)82)20-10-47(78)69-18-27-98-64-61(95)58(92)55(89)43(101-64)33-72(23-13-50(83)84)24-14-51(85)86/h34-44,52-64,73-75,87-95H,4-33H2,1-3H3,(H,67,76)(H,68,77)(H,69,78)(H,79,80)(H,81,82)(H,83,84)(H,85,86)/t34-,35-,36+,37+,38-,39-,40+,41+,42+,43+,44-,52-,53+,54+,55+,56-,57-,58-,59+,60+,61+,62+,63+,64+,65-,66+/m0/s1. The summed E-state index contributed by atoms with van der Waals surface area (Å²) in [6, 6.07) is 0. The fraction of sp³-hybridized carbons (Fsp3) is 0.894. The zero-order valence-corrected chi connectivity index (χ0v) is 57.9. The first-order chi connectivity index (χ1) is 47.7. The normalized spacial score (nSPS) is 37.3. The third kappa shape index (κ3) is 22.5. The van der Waals surface area contributed by atoms with Crippen molar-refractivity contribution in [1.82, 2.24) is 30.7 Å². The Labute approximate surface area is 586 Å². The van der Waals surface area contributed by atoms with E-state index in [1.54, 1.807) is 4.90 Å². The summed E-state index contributed by atoms with van der Waals surface area (Å²) in [5, 5.41) is 177. The second-order valence-electron chi connectivity index (χ2n) is 29.2. The highest BCUT2D eigenvalue weighted by Crippen LogP contribution is 2.68. The van der Waals surface area contributed by atoms with Crippen LogP contribution >= 0.6 is 0 Å². The van der Waals surface area contributed by atoms with E-state index in [9.17, 15) is 115 Å². The van der Waals surface area contributed by atoms with Crippen molar-refractivity contribution in [1.29, 1.82) is 0 Å². The third-order valence-corrected chi connectivity index (χ3v) is 22.7. The van der Waals surface area contributed by atoms with E-state index < -0.39 is 145 Å². The maximum absolute atomic E-state index is 13.4. The number of carbonyl (C=O) groups is 7. The second-order valence-corrected chi connectivity index (χ2v) is 29.2. The predicted molar refractivity (Wildman–Crippen MR) is 347 cm³/mol. The second kappa shape index (κ2) is 38.6. The molecule has 0 bridgehead atoms. The molecule has 101 heavy (non-hydrogen) atoms. The van der Waals surface area contributed by atoms with Gasteiger partial charge in [-0.2, -0.15) is 0 Å². The van der Waals surface area contributed by atoms with Crippen molar-refractivity contribution >= 4 is 41.6 Å². The average molecular weight is 1450 g/mol. The number of fused-ring (bicyclic) bond motifs is 5. The quantitative estimate of drug-likeness (QED) is 0.0255. The number of nitrogens with one attached hydrogen (secondary N) is 3. The van der Waals surface area contributed by atoms with Gasteiger partial charge in [-0.05, 0) is 97.7 Å². The first-order valence-electron chi connectivity index (χ1n) is 35.6. The molecule has 26 atom stereocenters. The van der Waals surface area contributed by atoms with Gasteiger partial charge in [0.2, 0.25) is 17.7 Å². The number of ether oxygens (including phenoxy) is 6. The Morgan fingerprint density at radius 2 is 0.822 bits per heavy atom. The van der Waals surface area contributed by atoms with Gasteiger partial charge in [0.05, 0.1) is 63.8 Å². The smallest absolute Gasteiger partial charge is 0.304 e. The Balaban J connectivity index is 0.910. The number of carbonyl (C=O) groups excluding carboxylic acids is 3. The number of rotatable bonds is 40. The number of nitrogens with zero attached hydrogens (tertiary/aromatic N) is 3. The molecule has 35 heteroatoms. The van der Waals surface area contributed by atoms with Crippen LogP contribution in [0.3, 0.4) is 0 Å². The lowest BCUT2D eigenvalue weighted by Crippen LogP contribution is -2.62. The molecule has 0 aromatic carbocycles. The van der Waals surface area contributed by atoms with Crippen LogP contribution in [-0.4, -0.2) is 347 Å². The molecule has 0 spiro atoms. The molecule has 0 aromatic heterocycles. The summed E-state index contributed by atoms with van der Waals surface area (Å²) < 4.78 is 34.6. The SMILES string of the molecule is C[C@@H](CCC(=O)NCCO[C@@H]1O[C@H](CN(CCC(=O)NCCO[C@@H]2O[C@H](CN(CCC(=O)O)CCC(=O)O)[C@@H](O)[C@H](O)[C@H]2O)CCC(=O)NCCO[C@@H]2O[C@H](CN(CCC(=O)O)CCC(=O)O)[C@@H](O)[C@H](O)[C@H]2O)[C@@H](O)[C@H](O)[C@H]1O)[C@H]1CC[C@H]2[C@@H]3[C@H](O)C[C@@H]4C[C@H](O)CC[C@]4(C)[C@H]3C[C@H](O)[C@]12C. The number of amides is 3. The lowest BCUT2D eigenvalue weighted by molar-refractivity contribution is -0.298. The fourth-order valence-electron chi connectivity index (χ4n) is 16.8. The van der Waals surface area contributed by atoms with Crippen LogP contribution in [0.1, 0.15) is 117 Å². The van der Waals surface area contributed by atoms with Crippen molar-refractivity contribution < 1.29 is 144 Å². The molecule has 3 saturated heterocycles. The molecule has 19 N–H and O–H groups in total. The number of aliphatic hydroxyl groups is 12. The van der Waals surface area contributed by atoms with E-state index in [1.807, 2.05) is 0 Å². The number of carboxylic acid groups (broad SMARTS) is 4. The van der Waals surface area contributed by atoms with Crippen LogP contribution in [0.25, 0.3) is 0 Å². The van der Waals surface area contributed by atoms with E-state index >= 15 is 0 Å². The first-order valence-corrected chi connectivity index (χ1v) is 35.6. The first kappa shape index (κ1) is 83.7. The molecule has 3 aliphatic heterocycles. The maximum Gasteiger partial charge on any atom is 0.304 e. The monoisotopic (exact) mass is 1450 g/mol. The van der Waals surface area contributed by atoms with Crippen LogP contribution in [0.4, 0.5) is 0 Å². The summed E-state index contributed by atoms with van der Waals surface area (Å²) >= 11 is 0. The maximum atomic E-state index is 13.4. The molecule has 580 valence electrons. The van der Waals surface area contributed by atoms with Crippen molar-refractivity contribution in [2.45, 2.75) is 228 Å². The van der Waals surface area contributed by atoms with Crippen LogP contribution in [0.2, 0.25) is 0 Å². The Morgan fingerprint density at radius 1 is 0.455 bits per heavy atom. The van der Waals surface area contributed by atoms with E-state index in [1.165, 1.54) is 9.80 Å². The van der Waals surface area contributed by atoms with E-state index in [0.717, 1.165) is 25.7 Å². The highest BCUT2D eigenvalue weighted by atomic mass is 16.7. The van der Waals surface area contributed by atoms with E-state index in [2.05, 4.69) is 36.7 Å². The van der Waals surface area contributed by atoms with Gasteiger partial charge in [0, 0.05) is 97.8 Å². The average Bonchev–Trinajstić information content (AvgIpc) is 1.65. The molecule has 35 nitrogen and oxygen atoms in total. The number of aliphatic carboxylic acids is 4. The number of carboxylic acids is 4.